The normalized spacial score (nSPS) is 15.5. The first-order chi connectivity index (χ1) is 13.0. The van der Waals surface area contributed by atoms with Gasteiger partial charge in [0.25, 0.3) is 0 Å². The third kappa shape index (κ3) is 5.63. The summed E-state index contributed by atoms with van der Waals surface area (Å²) in [7, 11) is 0. The highest BCUT2D eigenvalue weighted by atomic mass is 16.5. The molecule has 3 rings (SSSR count). The largest absolute Gasteiger partial charge is 0.340 e. The first-order valence-electron chi connectivity index (χ1n) is 9.91. The Morgan fingerprint density at radius 1 is 1.15 bits per heavy atom. The van der Waals surface area contributed by atoms with Crippen molar-refractivity contribution >= 4 is 5.91 Å². The molecule has 1 aliphatic rings. The molecular formula is C21H30N4O2. The van der Waals surface area contributed by atoms with Crippen molar-refractivity contribution < 1.29 is 9.32 Å². The lowest BCUT2D eigenvalue weighted by Crippen LogP contribution is -2.49. The molecule has 2 aromatic rings. The number of carbonyl (C=O) groups excluding carboxylic acids is 1. The van der Waals surface area contributed by atoms with Crippen molar-refractivity contribution in [1.82, 2.24) is 19.9 Å². The molecule has 0 atom stereocenters. The molecule has 2 heterocycles. The maximum atomic E-state index is 12.1. The van der Waals surface area contributed by atoms with E-state index in [0.29, 0.717) is 30.0 Å². The van der Waals surface area contributed by atoms with Gasteiger partial charge in [-0.2, -0.15) is 4.98 Å². The van der Waals surface area contributed by atoms with Gasteiger partial charge in [-0.15, -0.1) is 0 Å². The zero-order valence-electron chi connectivity index (χ0n) is 16.6. The van der Waals surface area contributed by atoms with Crippen LogP contribution >= 0.6 is 0 Å². The van der Waals surface area contributed by atoms with E-state index in [2.05, 4.69) is 47.9 Å². The summed E-state index contributed by atoms with van der Waals surface area (Å²) < 4.78 is 5.39. The zero-order chi connectivity index (χ0) is 19.2. The quantitative estimate of drug-likeness (QED) is 0.749. The number of amides is 1. The molecule has 0 aliphatic carbocycles. The van der Waals surface area contributed by atoms with Gasteiger partial charge in [-0.1, -0.05) is 48.8 Å². The van der Waals surface area contributed by atoms with Gasteiger partial charge in [0.15, 0.2) is 0 Å². The molecule has 0 N–H and O–H groups in total. The molecular weight excluding hydrogens is 340 g/mol. The van der Waals surface area contributed by atoms with Crippen LogP contribution in [0, 0.1) is 12.8 Å². The molecule has 0 spiro atoms. The van der Waals surface area contributed by atoms with E-state index < -0.39 is 0 Å². The third-order valence-electron chi connectivity index (χ3n) is 4.95. The first kappa shape index (κ1) is 19.5. The van der Waals surface area contributed by atoms with Gasteiger partial charge in [-0.05, 0) is 25.8 Å². The fourth-order valence-electron chi connectivity index (χ4n) is 3.33. The van der Waals surface area contributed by atoms with Crippen molar-refractivity contribution in [3.8, 4) is 11.4 Å². The second kappa shape index (κ2) is 9.13. The van der Waals surface area contributed by atoms with Crippen LogP contribution in [0.3, 0.4) is 0 Å². The van der Waals surface area contributed by atoms with Crippen molar-refractivity contribution in [3.63, 3.8) is 0 Å². The minimum atomic E-state index is 0.291. The lowest BCUT2D eigenvalue weighted by Gasteiger charge is -2.35. The van der Waals surface area contributed by atoms with Gasteiger partial charge >= 0.3 is 0 Å². The molecule has 6 heteroatoms. The van der Waals surface area contributed by atoms with Crippen molar-refractivity contribution in [2.45, 2.75) is 40.0 Å². The smallest absolute Gasteiger partial charge is 0.227 e. The highest BCUT2D eigenvalue weighted by Crippen LogP contribution is 2.17. The molecule has 1 amide bonds. The second-order valence-electron chi connectivity index (χ2n) is 7.80. The monoisotopic (exact) mass is 370 g/mol. The third-order valence-corrected chi connectivity index (χ3v) is 4.95. The van der Waals surface area contributed by atoms with E-state index in [1.165, 1.54) is 5.56 Å². The minimum Gasteiger partial charge on any atom is -0.340 e. The Balaban J connectivity index is 1.40. The van der Waals surface area contributed by atoms with Crippen LogP contribution in [0.15, 0.2) is 28.8 Å². The zero-order valence-corrected chi connectivity index (χ0v) is 16.6. The van der Waals surface area contributed by atoms with Crippen LogP contribution < -0.4 is 0 Å². The molecule has 0 radical (unpaired) electrons. The van der Waals surface area contributed by atoms with Crippen molar-refractivity contribution in [2.75, 3.05) is 32.7 Å². The summed E-state index contributed by atoms with van der Waals surface area (Å²) in [4.78, 5) is 21.1. The lowest BCUT2D eigenvalue weighted by molar-refractivity contribution is -0.133. The summed E-state index contributed by atoms with van der Waals surface area (Å²) in [5, 5.41) is 4.09. The van der Waals surface area contributed by atoms with Crippen LogP contribution in [0.2, 0.25) is 0 Å². The predicted octanol–water partition coefficient (Wildman–Crippen LogP) is 3.17. The predicted molar refractivity (Wildman–Crippen MR) is 105 cm³/mol. The molecule has 1 aliphatic heterocycles. The van der Waals surface area contributed by atoms with Crippen molar-refractivity contribution in [2.24, 2.45) is 5.92 Å². The van der Waals surface area contributed by atoms with E-state index in [0.717, 1.165) is 51.1 Å². The Hall–Kier alpha value is -2.21. The van der Waals surface area contributed by atoms with E-state index >= 15 is 0 Å². The number of rotatable bonds is 7. The number of aromatic nitrogens is 2. The molecule has 1 fully saturated rings. The van der Waals surface area contributed by atoms with Gasteiger partial charge in [0.2, 0.25) is 17.6 Å². The number of nitrogens with zero attached hydrogens (tertiary/aromatic N) is 4. The topological polar surface area (TPSA) is 62.5 Å². The van der Waals surface area contributed by atoms with Crippen LogP contribution in [-0.4, -0.2) is 58.6 Å². The first-order valence-corrected chi connectivity index (χ1v) is 9.91. The van der Waals surface area contributed by atoms with Crippen molar-refractivity contribution in [1.29, 1.82) is 0 Å². The second-order valence-corrected chi connectivity index (χ2v) is 7.80. The van der Waals surface area contributed by atoms with Gasteiger partial charge in [0, 0.05) is 44.6 Å². The maximum absolute atomic E-state index is 12.1. The number of benzene rings is 1. The Kier molecular flexibility index (Phi) is 6.61. The summed E-state index contributed by atoms with van der Waals surface area (Å²) in [6.45, 7) is 10.8. The van der Waals surface area contributed by atoms with Gasteiger partial charge < -0.3 is 9.42 Å². The Morgan fingerprint density at radius 3 is 2.52 bits per heavy atom. The standard InChI is InChI=1S/C21H30N4O2/c1-16(2)15-20(26)25-13-11-24(12-14-25)10-4-5-19-22-21(23-27-19)18-8-6-17(3)7-9-18/h6-9,16H,4-5,10-15H2,1-3H3. The lowest BCUT2D eigenvalue weighted by atomic mass is 10.1. The number of piperazine rings is 1. The van der Waals surface area contributed by atoms with Crippen molar-refractivity contribution in [3.05, 3.63) is 35.7 Å². The van der Waals surface area contributed by atoms with E-state index in [1.807, 2.05) is 17.0 Å². The highest BCUT2D eigenvalue weighted by Gasteiger charge is 2.21. The summed E-state index contributed by atoms with van der Waals surface area (Å²) >= 11 is 0. The highest BCUT2D eigenvalue weighted by molar-refractivity contribution is 5.76. The van der Waals surface area contributed by atoms with E-state index in [9.17, 15) is 4.79 Å². The number of carbonyl (C=O) groups is 1. The van der Waals surface area contributed by atoms with Gasteiger partial charge in [-0.25, -0.2) is 0 Å². The molecule has 1 saturated heterocycles. The van der Waals surface area contributed by atoms with Crippen LogP contribution in [0.1, 0.15) is 38.1 Å². The van der Waals surface area contributed by atoms with Crippen LogP contribution in [0.5, 0.6) is 0 Å². The maximum Gasteiger partial charge on any atom is 0.227 e. The van der Waals surface area contributed by atoms with E-state index in [4.69, 9.17) is 4.52 Å². The average Bonchev–Trinajstić information content (AvgIpc) is 3.11. The number of hydrogen-bond donors (Lipinski definition) is 0. The molecule has 0 bridgehead atoms. The van der Waals surface area contributed by atoms with Gasteiger partial charge in [0.05, 0.1) is 0 Å². The molecule has 1 aromatic heterocycles. The number of hydrogen-bond acceptors (Lipinski definition) is 5. The summed E-state index contributed by atoms with van der Waals surface area (Å²) in [6.07, 6.45) is 2.42. The van der Waals surface area contributed by atoms with E-state index in [-0.39, 0.29) is 0 Å². The Labute approximate surface area is 161 Å². The summed E-state index contributed by atoms with van der Waals surface area (Å²) in [6, 6.07) is 8.14. The van der Waals surface area contributed by atoms with Crippen LogP contribution in [-0.2, 0) is 11.2 Å². The molecule has 27 heavy (non-hydrogen) atoms. The van der Waals surface area contributed by atoms with Gasteiger partial charge in [-0.3, -0.25) is 9.69 Å². The Bertz CT molecular complexity index is 731. The molecule has 0 saturated carbocycles. The fourth-order valence-corrected chi connectivity index (χ4v) is 3.33. The van der Waals surface area contributed by atoms with E-state index in [1.54, 1.807) is 0 Å². The minimum absolute atomic E-state index is 0.291. The molecule has 6 nitrogen and oxygen atoms in total. The number of aryl methyl sites for hydroxylation is 2. The van der Waals surface area contributed by atoms with Gasteiger partial charge in [0.1, 0.15) is 0 Å². The van der Waals surface area contributed by atoms with Crippen LogP contribution in [0.4, 0.5) is 0 Å². The molecule has 1 aromatic carbocycles. The van der Waals surface area contributed by atoms with Crippen LogP contribution in [0.25, 0.3) is 11.4 Å². The summed E-state index contributed by atoms with van der Waals surface area (Å²) in [5.41, 5.74) is 2.20. The molecule has 0 unspecified atom stereocenters. The Morgan fingerprint density at radius 2 is 1.85 bits per heavy atom. The average molecular weight is 370 g/mol. The fraction of sp³-hybridized carbons (Fsp3) is 0.571. The summed E-state index contributed by atoms with van der Waals surface area (Å²) in [5.74, 6) is 2.06. The molecule has 146 valence electrons. The SMILES string of the molecule is Cc1ccc(-c2noc(CCCN3CCN(C(=O)CC(C)C)CC3)n2)cc1.